The number of unbranched alkanes of at least 4 members (excludes halogenated alkanes) is 14. The van der Waals surface area contributed by atoms with E-state index in [9.17, 15) is 0 Å². The third-order valence-electron chi connectivity index (χ3n) is 7.25. The minimum Gasteiger partial charge on any atom is -0.494 e. The lowest BCUT2D eigenvalue weighted by atomic mass is 10.1. The van der Waals surface area contributed by atoms with Crippen molar-refractivity contribution >= 4 is 20.7 Å². The van der Waals surface area contributed by atoms with Crippen molar-refractivity contribution < 1.29 is 9.47 Å². The molecular weight excluding hydrogens is 517 g/mol. The number of hydrogen-bond acceptors (Lipinski definition) is 3. The van der Waals surface area contributed by atoms with Crippen LogP contribution in [0.2, 0.25) is 0 Å². The van der Waals surface area contributed by atoms with Gasteiger partial charge in [-0.3, -0.25) is 0 Å². The molecule has 1 heterocycles. The van der Waals surface area contributed by atoms with E-state index in [1.54, 1.807) is 0 Å². The smallest absolute Gasteiger partial charge is 0.301 e. The Kier molecular flexibility index (Phi) is 16.2. The Morgan fingerprint density at radius 1 is 0.538 bits per heavy atom. The SMILES string of the molecule is CCCCCCCCCCOc1cccc(-c2cc(-c3cccc(OCCCCCCCCCC)c3)[s+]s2)c1. The zero-order valence-electron chi connectivity index (χ0n) is 24.6. The van der Waals surface area contributed by atoms with E-state index in [4.69, 9.17) is 9.47 Å². The van der Waals surface area contributed by atoms with Gasteiger partial charge in [-0.1, -0.05) is 122 Å². The van der Waals surface area contributed by atoms with Crippen LogP contribution in [0.4, 0.5) is 0 Å². The van der Waals surface area contributed by atoms with Crippen LogP contribution in [0.15, 0.2) is 54.6 Å². The van der Waals surface area contributed by atoms with E-state index < -0.39 is 0 Å². The quantitative estimate of drug-likeness (QED) is 0.0683. The van der Waals surface area contributed by atoms with Gasteiger partial charge < -0.3 is 9.47 Å². The summed E-state index contributed by atoms with van der Waals surface area (Å²) in [5.74, 6) is 1.96. The van der Waals surface area contributed by atoms with E-state index in [2.05, 4.69) is 68.4 Å². The predicted octanol–water partition coefficient (Wildman–Crippen LogP) is 12.5. The molecule has 39 heavy (non-hydrogen) atoms. The normalized spacial score (nSPS) is 11.1. The van der Waals surface area contributed by atoms with Crippen molar-refractivity contribution in [3.05, 3.63) is 54.6 Å². The molecule has 3 aromatic rings. The average Bonchev–Trinajstić information content (AvgIpc) is 3.47. The summed E-state index contributed by atoms with van der Waals surface area (Å²) in [6.45, 7) is 6.17. The lowest BCUT2D eigenvalue weighted by Gasteiger charge is -2.07. The van der Waals surface area contributed by atoms with Gasteiger partial charge in [0.1, 0.15) is 11.5 Å². The van der Waals surface area contributed by atoms with E-state index in [0.717, 1.165) is 37.6 Å². The van der Waals surface area contributed by atoms with Gasteiger partial charge in [0, 0.05) is 17.2 Å². The molecule has 0 fully saturated rings. The second-order valence-corrected chi connectivity index (χ2v) is 13.0. The Labute approximate surface area is 246 Å². The van der Waals surface area contributed by atoms with Crippen molar-refractivity contribution in [1.29, 1.82) is 0 Å². The van der Waals surface area contributed by atoms with Crippen molar-refractivity contribution in [2.24, 2.45) is 0 Å². The van der Waals surface area contributed by atoms with Crippen molar-refractivity contribution in [3.63, 3.8) is 0 Å². The highest BCUT2D eigenvalue weighted by Crippen LogP contribution is 2.39. The zero-order chi connectivity index (χ0) is 27.4. The van der Waals surface area contributed by atoms with E-state index in [1.165, 1.54) is 111 Å². The highest BCUT2D eigenvalue weighted by atomic mass is 32.9. The third-order valence-corrected chi connectivity index (χ3v) is 9.73. The molecule has 0 bridgehead atoms. The molecule has 1 aromatic heterocycles. The Bertz CT molecular complexity index is 949. The molecule has 0 aliphatic rings. The van der Waals surface area contributed by atoms with Crippen molar-refractivity contribution in [2.75, 3.05) is 13.2 Å². The molecule has 0 unspecified atom stereocenters. The molecule has 2 aromatic carbocycles. The van der Waals surface area contributed by atoms with Gasteiger partial charge in [0.25, 0.3) is 4.88 Å². The fraction of sp³-hybridized carbons (Fsp3) is 0.571. The Hall–Kier alpha value is -1.91. The van der Waals surface area contributed by atoms with Crippen LogP contribution < -0.4 is 9.47 Å². The summed E-state index contributed by atoms with van der Waals surface area (Å²) >= 11 is 0. The summed E-state index contributed by atoms with van der Waals surface area (Å²) in [6.07, 6.45) is 21.2. The molecule has 0 saturated heterocycles. The first-order valence-corrected chi connectivity index (χ1v) is 17.8. The monoisotopic (exact) mass is 567 g/mol. The van der Waals surface area contributed by atoms with Gasteiger partial charge in [-0.05, 0) is 43.2 Å². The van der Waals surface area contributed by atoms with Crippen LogP contribution in [0.1, 0.15) is 117 Å². The molecular formula is C35H51O2S2+. The molecule has 0 N–H and O–H groups in total. The first-order chi connectivity index (χ1) is 19.3. The van der Waals surface area contributed by atoms with Crippen LogP contribution in [-0.4, -0.2) is 13.2 Å². The van der Waals surface area contributed by atoms with Gasteiger partial charge in [0.15, 0.2) is 10.3 Å². The van der Waals surface area contributed by atoms with E-state index >= 15 is 0 Å². The minimum atomic E-state index is 0.808. The molecule has 0 amide bonds. The molecule has 4 heteroatoms. The van der Waals surface area contributed by atoms with Crippen LogP contribution in [0.3, 0.4) is 0 Å². The van der Waals surface area contributed by atoms with E-state index in [0.29, 0.717) is 0 Å². The van der Waals surface area contributed by atoms with E-state index in [1.807, 2.05) is 20.7 Å². The zero-order valence-corrected chi connectivity index (χ0v) is 26.2. The maximum absolute atomic E-state index is 6.10. The Balaban J connectivity index is 1.40. The van der Waals surface area contributed by atoms with Crippen LogP contribution in [0.25, 0.3) is 20.9 Å². The van der Waals surface area contributed by atoms with Crippen molar-refractivity contribution in [3.8, 4) is 32.4 Å². The first kappa shape index (κ1) is 31.6. The second-order valence-electron chi connectivity index (χ2n) is 10.7. The lowest BCUT2D eigenvalue weighted by molar-refractivity contribution is 0.304. The second kappa shape index (κ2) is 20.0. The fourth-order valence-electron chi connectivity index (χ4n) is 4.85. The van der Waals surface area contributed by atoms with Crippen molar-refractivity contribution in [2.45, 2.75) is 117 Å². The summed E-state index contributed by atoms with van der Waals surface area (Å²) in [7, 11) is 3.67. The maximum atomic E-state index is 6.10. The minimum absolute atomic E-state index is 0.808. The molecule has 2 nitrogen and oxygen atoms in total. The number of ether oxygens (including phenoxy) is 2. The first-order valence-electron chi connectivity index (χ1n) is 15.7. The van der Waals surface area contributed by atoms with Crippen LogP contribution in [0.5, 0.6) is 11.5 Å². The summed E-state index contributed by atoms with van der Waals surface area (Å²) in [4.78, 5) is 2.58. The number of rotatable bonds is 22. The summed E-state index contributed by atoms with van der Waals surface area (Å²) in [5.41, 5.74) is 2.47. The summed E-state index contributed by atoms with van der Waals surface area (Å²) in [5, 5.41) is 0. The fourth-order valence-corrected chi connectivity index (χ4v) is 7.29. The molecule has 0 spiro atoms. The van der Waals surface area contributed by atoms with Crippen molar-refractivity contribution in [1.82, 2.24) is 0 Å². The average molecular weight is 568 g/mol. The Morgan fingerprint density at radius 2 is 1.00 bits per heavy atom. The molecule has 3 rings (SSSR count). The van der Waals surface area contributed by atoms with Gasteiger partial charge in [0.05, 0.1) is 18.1 Å². The predicted molar refractivity (Wildman–Crippen MR) is 174 cm³/mol. The molecule has 0 aliphatic heterocycles. The highest BCUT2D eigenvalue weighted by molar-refractivity contribution is 7.72. The third kappa shape index (κ3) is 12.9. The van der Waals surface area contributed by atoms with Gasteiger partial charge in [-0.15, -0.1) is 0 Å². The summed E-state index contributed by atoms with van der Waals surface area (Å²) < 4.78 is 12.2. The van der Waals surface area contributed by atoms with Gasteiger partial charge in [-0.25, -0.2) is 0 Å². The van der Waals surface area contributed by atoms with Gasteiger partial charge in [0.2, 0.25) is 0 Å². The van der Waals surface area contributed by atoms with Gasteiger partial charge in [-0.2, -0.15) is 0 Å². The maximum Gasteiger partial charge on any atom is 0.301 e. The number of benzene rings is 2. The summed E-state index contributed by atoms with van der Waals surface area (Å²) in [6, 6.07) is 19.5. The Morgan fingerprint density at radius 3 is 1.54 bits per heavy atom. The van der Waals surface area contributed by atoms with Crippen LogP contribution in [0, 0.1) is 0 Å². The van der Waals surface area contributed by atoms with Crippen LogP contribution in [-0.2, 0) is 0 Å². The molecule has 214 valence electrons. The molecule has 0 aliphatic carbocycles. The standard InChI is InChI=1S/C35H51O2S2/c1-3-5-7-9-11-13-15-17-25-36-32-23-19-21-30(27-32)34-29-35(39-38-34)31-22-20-24-33(28-31)37-26-18-16-14-12-10-8-6-4-2/h19-24,27-29H,3-18,25-26H2,1-2H3/q+1. The largest absolute Gasteiger partial charge is 0.494 e. The number of hydrogen-bond donors (Lipinski definition) is 0. The lowest BCUT2D eigenvalue weighted by Crippen LogP contribution is -1.97. The van der Waals surface area contributed by atoms with Crippen LogP contribution >= 0.6 is 20.7 Å². The van der Waals surface area contributed by atoms with Gasteiger partial charge >= 0.3 is 10.3 Å². The highest BCUT2D eigenvalue weighted by Gasteiger charge is 2.18. The topological polar surface area (TPSA) is 18.5 Å². The molecule has 0 atom stereocenters. The molecule has 0 saturated carbocycles. The molecule has 0 radical (unpaired) electrons. The van der Waals surface area contributed by atoms with E-state index in [-0.39, 0.29) is 0 Å².